The molecule has 3 N–H and O–H groups in total. The number of primary amides is 1. The number of nitrogens with one attached hydrogen (secondary N) is 1. The first-order valence-corrected chi connectivity index (χ1v) is 8.67. The van der Waals surface area contributed by atoms with Gasteiger partial charge in [0.2, 0.25) is 17.7 Å². The minimum atomic E-state index is -4.03. The first-order chi connectivity index (χ1) is 11.2. The molecule has 1 aromatic carbocycles. The van der Waals surface area contributed by atoms with Crippen LogP contribution in [0.3, 0.4) is 0 Å². The van der Waals surface area contributed by atoms with E-state index in [1.165, 1.54) is 24.3 Å². The molecule has 8 nitrogen and oxygen atoms in total. The Morgan fingerprint density at radius 2 is 2.00 bits per heavy atom. The molecule has 1 aromatic heterocycles. The zero-order valence-corrected chi connectivity index (χ0v) is 14.4. The lowest BCUT2D eigenvalue weighted by Crippen LogP contribution is -2.17. The van der Waals surface area contributed by atoms with Crippen molar-refractivity contribution in [2.75, 3.05) is 4.72 Å². The van der Waals surface area contributed by atoms with Crippen molar-refractivity contribution >= 4 is 33.5 Å². The summed E-state index contributed by atoms with van der Waals surface area (Å²) in [6.45, 7) is 3.57. The van der Waals surface area contributed by atoms with Gasteiger partial charge < -0.3 is 10.5 Å². The van der Waals surface area contributed by atoms with Crippen molar-refractivity contribution in [3.63, 3.8) is 0 Å². The summed E-state index contributed by atoms with van der Waals surface area (Å²) in [7, 11) is -4.03. The van der Waals surface area contributed by atoms with Crippen LogP contribution < -0.4 is 15.2 Å². The van der Waals surface area contributed by atoms with Gasteiger partial charge in [0.15, 0.2) is 0 Å². The summed E-state index contributed by atoms with van der Waals surface area (Å²) in [5.41, 5.74) is 5.22. The Hall–Kier alpha value is -2.39. The smallest absolute Gasteiger partial charge is 0.264 e. The summed E-state index contributed by atoms with van der Waals surface area (Å²) in [5.74, 6) is -0.852. The summed E-state index contributed by atoms with van der Waals surface area (Å²) < 4.78 is 32.4. The molecule has 24 heavy (non-hydrogen) atoms. The summed E-state index contributed by atoms with van der Waals surface area (Å²) in [5, 5.41) is 0.0178. The Balaban J connectivity index is 2.34. The van der Waals surface area contributed by atoms with Crippen molar-refractivity contribution in [1.82, 2.24) is 9.97 Å². The molecule has 0 unspecified atom stereocenters. The number of nitrogens with two attached hydrogens (primary N) is 1. The molecule has 0 saturated heterocycles. The molecule has 1 amide bonds. The average molecular weight is 371 g/mol. The lowest BCUT2D eigenvalue weighted by molar-refractivity contribution is 0.1000. The van der Waals surface area contributed by atoms with Crippen LogP contribution in [0.25, 0.3) is 0 Å². The van der Waals surface area contributed by atoms with Gasteiger partial charge in [-0.25, -0.2) is 18.1 Å². The molecule has 0 saturated carbocycles. The highest BCUT2D eigenvalue weighted by Gasteiger charge is 2.18. The number of rotatable bonds is 6. The number of hydrogen-bond donors (Lipinski definition) is 2. The molecule has 2 aromatic rings. The number of carbonyl (C=O) groups excluding carboxylic acids is 1. The fourth-order valence-corrected chi connectivity index (χ4v) is 2.90. The van der Waals surface area contributed by atoms with E-state index in [0.29, 0.717) is 0 Å². The fourth-order valence-electron chi connectivity index (χ4n) is 1.74. The monoisotopic (exact) mass is 370 g/mol. The van der Waals surface area contributed by atoms with Gasteiger partial charge in [-0.15, -0.1) is 0 Å². The number of aromatic nitrogens is 2. The van der Waals surface area contributed by atoms with Gasteiger partial charge in [-0.05, 0) is 32.0 Å². The lowest BCUT2D eigenvalue weighted by Gasteiger charge is -2.11. The third kappa shape index (κ3) is 4.56. The van der Waals surface area contributed by atoms with E-state index in [4.69, 9.17) is 22.1 Å². The van der Waals surface area contributed by atoms with Crippen LogP contribution in [-0.2, 0) is 10.0 Å². The zero-order valence-electron chi connectivity index (χ0n) is 12.9. The lowest BCUT2D eigenvalue weighted by atomic mass is 10.2. The van der Waals surface area contributed by atoms with Gasteiger partial charge in [0.05, 0.1) is 11.0 Å². The number of nitrogens with zero attached hydrogens (tertiary/aromatic N) is 2. The molecule has 0 bridgehead atoms. The number of benzene rings is 1. The molecule has 0 radical (unpaired) electrons. The van der Waals surface area contributed by atoms with Crippen LogP contribution in [-0.4, -0.2) is 30.4 Å². The van der Waals surface area contributed by atoms with E-state index < -0.39 is 15.9 Å². The zero-order chi connectivity index (χ0) is 17.9. The van der Waals surface area contributed by atoms with E-state index in [9.17, 15) is 13.2 Å². The van der Waals surface area contributed by atoms with Gasteiger partial charge in [0, 0.05) is 11.6 Å². The number of halogens is 1. The molecular weight excluding hydrogens is 356 g/mol. The Bertz CT molecular complexity index is 871. The Morgan fingerprint density at radius 1 is 1.29 bits per heavy atom. The Kier molecular flexibility index (Phi) is 5.25. The van der Waals surface area contributed by atoms with Crippen molar-refractivity contribution in [1.29, 1.82) is 0 Å². The molecular formula is C14H15ClN4O4S. The molecule has 0 spiro atoms. The predicted octanol–water partition coefficient (Wildman–Crippen LogP) is 1.82. The first kappa shape index (κ1) is 18.0. The molecule has 0 fully saturated rings. The number of amides is 1. The quantitative estimate of drug-likeness (QED) is 0.747. The normalized spacial score (nSPS) is 11.3. The van der Waals surface area contributed by atoms with Crippen LogP contribution in [0.2, 0.25) is 5.15 Å². The van der Waals surface area contributed by atoms with Gasteiger partial charge in [-0.3, -0.25) is 4.79 Å². The molecule has 0 aliphatic heterocycles. The Morgan fingerprint density at radius 3 is 2.62 bits per heavy atom. The van der Waals surface area contributed by atoms with E-state index in [1.54, 1.807) is 13.8 Å². The van der Waals surface area contributed by atoms with Gasteiger partial charge in [-0.2, -0.15) is 4.98 Å². The third-order valence-electron chi connectivity index (χ3n) is 2.68. The van der Waals surface area contributed by atoms with Crippen LogP contribution >= 0.6 is 11.6 Å². The van der Waals surface area contributed by atoms with Crippen LogP contribution in [0.5, 0.6) is 5.88 Å². The molecule has 0 aliphatic rings. The predicted molar refractivity (Wildman–Crippen MR) is 88.6 cm³/mol. The average Bonchev–Trinajstić information content (AvgIpc) is 2.45. The largest absolute Gasteiger partial charge is 0.475 e. The van der Waals surface area contributed by atoms with Crippen molar-refractivity contribution in [3.8, 4) is 5.88 Å². The van der Waals surface area contributed by atoms with Gasteiger partial charge >= 0.3 is 0 Å². The minimum absolute atomic E-state index is 0.0178. The molecule has 1 heterocycles. The standard InChI is InChI=1S/C14H15ClN4O4S/c1-8(2)23-12-7-11(15)17-14(18-12)19-24(21,22)10-5-3-4-9(6-10)13(16)20/h3-8H,1-2H3,(H2,16,20)(H,17,18,19). The van der Waals surface area contributed by atoms with Crippen LogP contribution in [0.4, 0.5) is 5.95 Å². The van der Waals surface area contributed by atoms with E-state index in [2.05, 4.69) is 14.7 Å². The highest BCUT2D eigenvalue weighted by Crippen LogP contribution is 2.20. The molecule has 128 valence electrons. The van der Waals surface area contributed by atoms with Gasteiger partial charge in [0.25, 0.3) is 10.0 Å². The van der Waals surface area contributed by atoms with Crippen molar-refractivity contribution in [2.24, 2.45) is 5.73 Å². The number of anilines is 1. The second-order valence-electron chi connectivity index (χ2n) is 5.02. The van der Waals surface area contributed by atoms with Crippen molar-refractivity contribution < 1.29 is 17.9 Å². The third-order valence-corrected chi connectivity index (χ3v) is 4.20. The maximum atomic E-state index is 12.4. The number of sulfonamides is 1. The minimum Gasteiger partial charge on any atom is -0.475 e. The topological polar surface area (TPSA) is 124 Å². The van der Waals surface area contributed by atoms with Crippen LogP contribution in [0, 0.1) is 0 Å². The van der Waals surface area contributed by atoms with Gasteiger partial charge in [-0.1, -0.05) is 17.7 Å². The molecule has 2 rings (SSSR count). The summed E-state index contributed by atoms with van der Waals surface area (Å²) in [6, 6.07) is 6.64. The summed E-state index contributed by atoms with van der Waals surface area (Å²) >= 11 is 5.85. The second kappa shape index (κ2) is 7.02. The van der Waals surface area contributed by atoms with Crippen molar-refractivity contribution in [2.45, 2.75) is 24.8 Å². The van der Waals surface area contributed by atoms with Crippen LogP contribution in [0.15, 0.2) is 35.2 Å². The maximum Gasteiger partial charge on any atom is 0.264 e. The molecule has 0 atom stereocenters. The SMILES string of the molecule is CC(C)Oc1cc(Cl)nc(NS(=O)(=O)c2cccc(C(N)=O)c2)n1. The summed E-state index contributed by atoms with van der Waals surface area (Å²) in [6.07, 6.45) is -0.173. The fraction of sp³-hybridized carbons (Fsp3) is 0.214. The number of carbonyl (C=O) groups is 1. The highest BCUT2D eigenvalue weighted by atomic mass is 35.5. The van der Waals surface area contributed by atoms with E-state index in [1.807, 2.05) is 0 Å². The maximum absolute atomic E-state index is 12.4. The molecule has 0 aliphatic carbocycles. The van der Waals surface area contributed by atoms with E-state index >= 15 is 0 Å². The van der Waals surface area contributed by atoms with Crippen molar-refractivity contribution in [3.05, 3.63) is 41.0 Å². The first-order valence-electron chi connectivity index (χ1n) is 6.81. The highest BCUT2D eigenvalue weighted by molar-refractivity contribution is 7.92. The van der Waals surface area contributed by atoms with Gasteiger partial charge in [0.1, 0.15) is 5.15 Å². The second-order valence-corrected chi connectivity index (χ2v) is 7.09. The van der Waals surface area contributed by atoms with Crippen LogP contribution in [0.1, 0.15) is 24.2 Å². The summed E-state index contributed by atoms with van der Waals surface area (Å²) in [4.78, 5) is 18.8. The van der Waals surface area contributed by atoms with E-state index in [-0.39, 0.29) is 33.5 Å². The number of ether oxygens (including phenoxy) is 1. The van der Waals surface area contributed by atoms with E-state index in [0.717, 1.165) is 6.07 Å². The molecule has 10 heteroatoms. The Labute approximate surface area is 144 Å². The number of hydrogen-bond acceptors (Lipinski definition) is 6.